The molecule has 2 aromatic rings. The SMILES string of the molecule is OC(c1ccc(F)c2ccccc12)C1CCCCO1. The van der Waals surface area contributed by atoms with Crippen LogP contribution in [0.1, 0.15) is 30.9 Å². The minimum atomic E-state index is -0.689. The topological polar surface area (TPSA) is 29.5 Å². The maximum absolute atomic E-state index is 13.8. The lowest BCUT2D eigenvalue weighted by atomic mass is 9.94. The smallest absolute Gasteiger partial charge is 0.131 e. The Morgan fingerprint density at radius 2 is 1.89 bits per heavy atom. The van der Waals surface area contributed by atoms with Crippen LogP contribution in [-0.2, 0) is 4.74 Å². The number of hydrogen-bond acceptors (Lipinski definition) is 2. The Balaban J connectivity index is 2.02. The summed E-state index contributed by atoms with van der Waals surface area (Å²) >= 11 is 0. The van der Waals surface area contributed by atoms with Crippen molar-refractivity contribution in [2.45, 2.75) is 31.5 Å². The van der Waals surface area contributed by atoms with Gasteiger partial charge in [-0.1, -0.05) is 30.3 Å². The molecule has 0 radical (unpaired) electrons. The largest absolute Gasteiger partial charge is 0.386 e. The molecule has 1 heterocycles. The average Bonchev–Trinajstić information content (AvgIpc) is 2.48. The highest BCUT2D eigenvalue weighted by molar-refractivity contribution is 5.86. The van der Waals surface area contributed by atoms with Gasteiger partial charge in [-0.2, -0.15) is 0 Å². The van der Waals surface area contributed by atoms with Crippen molar-refractivity contribution >= 4 is 10.8 Å². The number of halogens is 1. The molecule has 0 aliphatic carbocycles. The first-order valence-corrected chi connectivity index (χ1v) is 6.74. The molecule has 0 aromatic heterocycles. The molecule has 1 N–H and O–H groups in total. The van der Waals surface area contributed by atoms with E-state index in [-0.39, 0.29) is 11.9 Å². The van der Waals surface area contributed by atoms with E-state index >= 15 is 0 Å². The van der Waals surface area contributed by atoms with E-state index in [9.17, 15) is 9.50 Å². The third-order valence-electron chi connectivity index (χ3n) is 3.79. The summed E-state index contributed by atoms with van der Waals surface area (Å²) in [5.74, 6) is -0.254. The number of aliphatic hydroxyl groups is 1. The average molecular weight is 260 g/mol. The predicted octanol–water partition coefficient (Wildman–Crippen LogP) is 3.58. The zero-order valence-corrected chi connectivity index (χ0v) is 10.7. The Labute approximate surface area is 111 Å². The third-order valence-corrected chi connectivity index (χ3v) is 3.79. The molecule has 1 aliphatic heterocycles. The lowest BCUT2D eigenvalue weighted by molar-refractivity contribution is -0.0628. The summed E-state index contributed by atoms with van der Waals surface area (Å²) in [7, 11) is 0. The van der Waals surface area contributed by atoms with E-state index in [2.05, 4.69) is 0 Å². The molecular formula is C16H17FO2. The number of hydrogen-bond donors (Lipinski definition) is 1. The van der Waals surface area contributed by atoms with Crippen LogP contribution in [0.15, 0.2) is 36.4 Å². The molecule has 0 spiro atoms. The zero-order valence-electron chi connectivity index (χ0n) is 10.7. The van der Waals surface area contributed by atoms with Crippen LogP contribution < -0.4 is 0 Å². The highest BCUT2D eigenvalue weighted by Crippen LogP contribution is 2.32. The molecule has 0 bridgehead atoms. The molecule has 19 heavy (non-hydrogen) atoms. The maximum Gasteiger partial charge on any atom is 0.131 e. The van der Waals surface area contributed by atoms with Gasteiger partial charge in [0.25, 0.3) is 0 Å². The Morgan fingerprint density at radius 1 is 1.11 bits per heavy atom. The predicted molar refractivity (Wildman–Crippen MR) is 72.5 cm³/mol. The monoisotopic (exact) mass is 260 g/mol. The second-order valence-electron chi connectivity index (χ2n) is 5.03. The first-order valence-electron chi connectivity index (χ1n) is 6.74. The Kier molecular flexibility index (Phi) is 3.49. The summed E-state index contributed by atoms with van der Waals surface area (Å²) in [6.45, 7) is 0.695. The summed E-state index contributed by atoms with van der Waals surface area (Å²) in [5, 5.41) is 11.8. The third kappa shape index (κ3) is 2.36. The number of aliphatic hydroxyl groups excluding tert-OH is 1. The maximum atomic E-state index is 13.8. The summed E-state index contributed by atoms with van der Waals surface area (Å²) in [5.41, 5.74) is 0.754. The number of ether oxygens (including phenoxy) is 1. The van der Waals surface area contributed by atoms with Gasteiger partial charge in [0.1, 0.15) is 11.9 Å². The van der Waals surface area contributed by atoms with Crippen LogP contribution in [0.2, 0.25) is 0 Å². The highest BCUT2D eigenvalue weighted by atomic mass is 19.1. The van der Waals surface area contributed by atoms with Crippen molar-refractivity contribution in [3.63, 3.8) is 0 Å². The molecule has 2 aromatic carbocycles. The van der Waals surface area contributed by atoms with Crippen LogP contribution in [0.3, 0.4) is 0 Å². The fraction of sp³-hybridized carbons (Fsp3) is 0.375. The van der Waals surface area contributed by atoms with Gasteiger partial charge < -0.3 is 9.84 Å². The highest BCUT2D eigenvalue weighted by Gasteiger charge is 2.25. The van der Waals surface area contributed by atoms with E-state index in [0.29, 0.717) is 12.0 Å². The van der Waals surface area contributed by atoms with Crippen molar-refractivity contribution in [1.29, 1.82) is 0 Å². The Hall–Kier alpha value is -1.45. The van der Waals surface area contributed by atoms with Crippen LogP contribution >= 0.6 is 0 Å². The van der Waals surface area contributed by atoms with Gasteiger partial charge in [-0.15, -0.1) is 0 Å². The van der Waals surface area contributed by atoms with Gasteiger partial charge in [0.15, 0.2) is 0 Å². The van der Waals surface area contributed by atoms with Crippen molar-refractivity contribution < 1.29 is 14.2 Å². The molecule has 1 aliphatic rings. The Bertz CT molecular complexity index is 576. The second-order valence-corrected chi connectivity index (χ2v) is 5.03. The van der Waals surface area contributed by atoms with Crippen molar-refractivity contribution in [1.82, 2.24) is 0 Å². The number of benzene rings is 2. The van der Waals surface area contributed by atoms with Crippen LogP contribution in [0, 0.1) is 5.82 Å². The lowest BCUT2D eigenvalue weighted by Gasteiger charge is -2.28. The standard InChI is InChI=1S/C16H17FO2/c17-14-9-8-13(11-5-1-2-6-12(11)14)16(18)15-7-3-4-10-19-15/h1-2,5-6,8-9,15-16,18H,3-4,7,10H2. The van der Waals surface area contributed by atoms with Gasteiger partial charge in [0, 0.05) is 12.0 Å². The van der Waals surface area contributed by atoms with Gasteiger partial charge in [0.2, 0.25) is 0 Å². The molecule has 2 unspecified atom stereocenters. The molecule has 0 saturated carbocycles. The minimum Gasteiger partial charge on any atom is -0.386 e. The minimum absolute atomic E-state index is 0.178. The van der Waals surface area contributed by atoms with Gasteiger partial charge in [0.05, 0.1) is 6.10 Å². The molecule has 1 fully saturated rings. The molecule has 2 atom stereocenters. The quantitative estimate of drug-likeness (QED) is 0.894. The van der Waals surface area contributed by atoms with Gasteiger partial charge in [-0.25, -0.2) is 4.39 Å². The van der Waals surface area contributed by atoms with E-state index in [1.807, 2.05) is 12.1 Å². The Morgan fingerprint density at radius 3 is 2.63 bits per heavy atom. The number of fused-ring (bicyclic) bond motifs is 1. The normalized spacial score (nSPS) is 21.5. The second kappa shape index (κ2) is 5.27. The fourth-order valence-electron chi connectivity index (χ4n) is 2.76. The van der Waals surface area contributed by atoms with E-state index in [1.165, 1.54) is 6.07 Å². The van der Waals surface area contributed by atoms with Crippen LogP contribution in [0.4, 0.5) is 4.39 Å². The molecule has 2 nitrogen and oxygen atoms in total. The van der Waals surface area contributed by atoms with Crippen molar-refractivity contribution in [2.24, 2.45) is 0 Å². The molecule has 0 amide bonds. The molecule has 100 valence electrons. The lowest BCUT2D eigenvalue weighted by Crippen LogP contribution is -2.26. The molecule has 3 rings (SSSR count). The fourth-order valence-corrected chi connectivity index (χ4v) is 2.76. The first-order chi connectivity index (χ1) is 9.27. The van der Waals surface area contributed by atoms with E-state index in [0.717, 1.165) is 30.2 Å². The summed E-state index contributed by atoms with van der Waals surface area (Å²) in [4.78, 5) is 0. The van der Waals surface area contributed by atoms with Crippen molar-refractivity contribution in [3.05, 3.63) is 47.8 Å². The van der Waals surface area contributed by atoms with Crippen molar-refractivity contribution in [2.75, 3.05) is 6.61 Å². The summed E-state index contributed by atoms with van der Waals surface area (Å²) < 4.78 is 19.4. The van der Waals surface area contributed by atoms with Crippen LogP contribution in [-0.4, -0.2) is 17.8 Å². The van der Waals surface area contributed by atoms with E-state index in [4.69, 9.17) is 4.74 Å². The van der Waals surface area contributed by atoms with E-state index < -0.39 is 6.10 Å². The molecule has 1 saturated heterocycles. The summed E-state index contributed by atoms with van der Waals surface area (Å²) in [6, 6.07) is 10.3. The van der Waals surface area contributed by atoms with Gasteiger partial charge in [-0.3, -0.25) is 0 Å². The summed E-state index contributed by atoms with van der Waals surface area (Å²) in [6.07, 6.45) is 2.11. The van der Waals surface area contributed by atoms with Gasteiger partial charge in [-0.05, 0) is 36.3 Å². The molecular weight excluding hydrogens is 243 g/mol. The van der Waals surface area contributed by atoms with Crippen LogP contribution in [0.5, 0.6) is 0 Å². The number of rotatable bonds is 2. The first kappa shape index (κ1) is 12.6. The van der Waals surface area contributed by atoms with Gasteiger partial charge >= 0.3 is 0 Å². The van der Waals surface area contributed by atoms with Crippen LogP contribution in [0.25, 0.3) is 10.8 Å². The van der Waals surface area contributed by atoms with Crippen molar-refractivity contribution in [3.8, 4) is 0 Å². The zero-order chi connectivity index (χ0) is 13.2. The van der Waals surface area contributed by atoms with E-state index in [1.54, 1.807) is 18.2 Å². The molecule has 3 heteroatoms.